The van der Waals surface area contributed by atoms with E-state index in [1.165, 1.54) is 30.3 Å². The fourth-order valence-electron chi connectivity index (χ4n) is 2.00. The number of anilines is 2. The summed E-state index contributed by atoms with van der Waals surface area (Å²) >= 11 is 0. The maximum atomic E-state index is 13.2. The largest absolute Gasteiger partial charge is 0.322 e. The van der Waals surface area contributed by atoms with Crippen LogP contribution in [0.2, 0.25) is 0 Å². The van der Waals surface area contributed by atoms with Crippen molar-refractivity contribution in [3.05, 3.63) is 59.7 Å². The van der Waals surface area contributed by atoms with Crippen molar-refractivity contribution in [3.63, 3.8) is 0 Å². The van der Waals surface area contributed by atoms with Crippen LogP contribution in [0, 0.1) is 11.6 Å². The van der Waals surface area contributed by atoms with Crippen LogP contribution >= 0.6 is 0 Å². The maximum Gasteiger partial charge on any atom is 0.255 e. The highest BCUT2D eigenvalue weighted by atomic mass is 32.2. The van der Waals surface area contributed by atoms with Crippen molar-refractivity contribution in [1.29, 1.82) is 0 Å². The molecule has 2 aromatic rings. The van der Waals surface area contributed by atoms with E-state index in [4.69, 9.17) is 0 Å². The zero-order chi connectivity index (χ0) is 17.7. The Morgan fingerprint density at radius 1 is 1.04 bits per heavy atom. The Hall–Kier alpha value is -2.48. The lowest BCUT2D eigenvalue weighted by atomic mass is 10.2. The van der Waals surface area contributed by atoms with Crippen LogP contribution in [0.1, 0.15) is 23.7 Å². The van der Waals surface area contributed by atoms with Crippen molar-refractivity contribution in [3.8, 4) is 0 Å². The van der Waals surface area contributed by atoms with E-state index in [-0.39, 0.29) is 22.7 Å². The molecule has 0 saturated carbocycles. The van der Waals surface area contributed by atoms with Crippen molar-refractivity contribution < 1.29 is 22.0 Å². The summed E-state index contributed by atoms with van der Waals surface area (Å²) in [7, 11) is -3.47. The van der Waals surface area contributed by atoms with Gasteiger partial charge >= 0.3 is 0 Å². The van der Waals surface area contributed by atoms with Crippen LogP contribution in [0.15, 0.2) is 42.5 Å². The van der Waals surface area contributed by atoms with Crippen molar-refractivity contribution in [2.75, 3.05) is 15.8 Å². The van der Waals surface area contributed by atoms with E-state index < -0.39 is 27.6 Å². The van der Waals surface area contributed by atoms with Gasteiger partial charge in [0.05, 0.1) is 5.75 Å². The average molecular weight is 354 g/mol. The number of hydrogen-bond acceptors (Lipinski definition) is 3. The number of benzene rings is 2. The molecule has 2 rings (SSSR count). The molecule has 0 radical (unpaired) electrons. The normalized spacial score (nSPS) is 11.1. The van der Waals surface area contributed by atoms with Crippen LogP contribution in [0.25, 0.3) is 0 Å². The third-order valence-corrected chi connectivity index (χ3v) is 4.54. The summed E-state index contributed by atoms with van der Waals surface area (Å²) < 4.78 is 51.9. The number of rotatable bonds is 6. The predicted octanol–water partition coefficient (Wildman–Crippen LogP) is 3.37. The minimum absolute atomic E-state index is 0.0295. The van der Waals surface area contributed by atoms with Gasteiger partial charge in [-0.05, 0) is 36.8 Å². The molecule has 0 aliphatic heterocycles. The van der Waals surface area contributed by atoms with E-state index >= 15 is 0 Å². The van der Waals surface area contributed by atoms with Gasteiger partial charge in [0.1, 0.15) is 0 Å². The first-order valence-electron chi connectivity index (χ1n) is 7.17. The summed E-state index contributed by atoms with van der Waals surface area (Å²) in [6.45, 7) is 1.74. The van der Waals surface area contributed by atoms with Gasteiger partial charge in [0.2, 0.25) is 10.0 Å². The van der Waals surface area contributed by atoms with E-state index in [2.05, 4.69) is 10.0 Å². The lowest BCUT2D eigenvalue weighted by Gasteiger charge is -2.09. The number of carbonyl (C=O) groups is 1. The molecule has 0 aliphatic carbocycles. The third kappa shape index (κ3) is 4.76. The first-order valence-corrected chi connectivity index (χ1v) is 8.83. The molecule has 0 spiro atoms. The van der Waals surface area contributed by atoms with Gasteiger partial charge in [0, 0.05) is 23.0 Å². The van der Waals surface area contributed by atoms with Crippen LogP contribution in [0.3, 0.4) is 0 Å². The second-order valence-corrected chi connectivity index (χ2v) is 6.93. The van der Waals surface area contributed by atoms with Crippen LogP contribution in [-0.2, 0) is 10.0 Å². The Morgan fingerprint density at radius 2 is 1.79 bits per heavy atom. The van der Waals surface area contributed by atoms with E-state index in [1.807, 2.05) is 0 Å². The second-order valence-electron chi connectivity index (χ2n) is 5.08. The molecular formula is C16H16F2N2O3S. The first kappa shape index (κ1) is 17.9. The van der Waals surface area contributed by atoms with Crippen molar-refractivity contribution >= 4 is 27.3 Å². The molecule has 128 valence electrons. The number of hydrogen-bond donors (Lipinski definition) is 2. The molecule has 0 atom stereocenters. The summed E-state index contributed by atoms with van der Waals surface area (Å²) in [5.41, 5.74) is 0.522. The Balaban J connectivity index is 2.15. The molecule has 1 amide bonds. The summed E-state index contributed by atoms with van der Waals surface area (Å²) in [5, 5.41) is 2.42. The Kier molecular flexibility index (Phi) is 5.50. The Morgan fingerprint density at radius 3 is 2.46 bits per heavy atom. The topological polar surface area (TPSA) is 75.3 Å². The minimum atomic E-state index is -3.47. The zero-order valence-electron chi connectivity index (χ0n) is 12.8. The van der Waals surface area contributed by atoms with Crippen molar-refractivity contribution in [2.24, 2.45) is 0 Å². The van der Waals surface area contributed by atoms with E-state index in [9.17, 15) is 22.0 Å². The van der Waals surface area contributed by atoms with Gasteiger partial charge in [-0.25, -0.2) is 17.2 Å². The van der Waals surface area contributed by atoms with E-state index in [1.54, 1.807) is 6.92 Å². The minimum Gasteiger partial charge on any atom is -0.322 e. The molecule has 0 aliphatic rings. The lowest BCUT2D eigenvalue weighted by Crippen LogP contribution is -2.17. The molecule has 0 saturated heterocycles. The fourth-order valence-corrected chi connectivity index (χ4v) is 3.13. The number of halogens is 2. The number of amides is 1. The summed E-state index contributed by atoms with van der Waals surface area (Å²) in [6.07, 6.45) is 0.464. The van der Waals surface area contributed by atoms with Gasteiger partial charge in [0.15, 0.2) is 11.6 Å². The van der Waals surface area contributed by atoms with Gasteiger partial charge < -0.3 is 5.32 Å². The summed E-state index contributed by atoms with van der Waals surface area (Å²) in [4.78, 5) is 12.1. The molecule has 8 heteroatoms. The summed E-state index contributed by atoms with van der Waals surface area (Å²) in [5.74, 6) is -2.69. The molecule has 0 heterocycles. The number of sulfonamides is 1. The molecule has 24 heavy (non-hydrogen) atoms. The summed E-state index contributed by atoms with van der Waals surface area (Å²) in [6, 6.07) is 8.87. The van der Waals surface area contributed by atoms with Gasteiger partial charge in [-0.15, -0.1) is 0 Å². The lowest BCUT2D eigenvalue weighted by molar-refractivity contribution is 0.102. The molecule has 0 bridgehead atoms. The van der Waals surface area contributed by atoms with Gasteiger partial charge in [-0.2, -0.15) is 0 Å². The van der Waals surface area contributed by atoms with Crippen LogP contribution in [0.4, 0.5) is 20.2 Å². The fraction of sp³-hybridized carbons (Fsp3) is 0.188. The smallest absolute Gasteiger partial charge is 0.255 e. The maximum absolute atomic E-state index is 13.2. The first-order chi connectivity index (χ1) is 11.3. The quantitative estimate of drug-likeness (QED) is 0.835. The monoisotopic (exact) mass is 354 g/mol. The van der Waals surface area contributed by atoms with Gasteiger partial charge in [0.25, 0.3) is 5.91 Å². The molecular weight excluding hydrogens is 338 g/mol. The molecule has 0 aromatic heterocycles. The van der Waals surface area contributed by atoms with Gasteiger partial charge in [-0.1, -0.05) is 13.0 Å². The highest BCUT2D eigenvalue weighted by Gasteiger charge is 2.12. The predicted molar refractivity (Wildman–Crippen MR) is 88.5 cm³/mol. The second kappa shape index (κ2) is 7.39. The third-order valence-electron chi connectivity index (χ3n) is 3.05. The highest BCUT2D eigenvalue weighted by Crippen LogP contribution is 2.17. The number of nitrogens with one attached hydrogen (secondary N) is 2. The molecule has 5 nitrogen and oxygen atoms in total. The standard InChI is InChI=1S/C16H16F2N2O3S/c1-2-8-24(22,23)20-13-5-3-4-11(9-13)16(21)19-12-6-7-14(17)15(18)10-12/h3-7,9-10,20H,2,8H2,1H3,(H,19,21). The van der Waals surface area contributed by atoms with Gasteiger partial charge in [-0.3, -0.25) is 9.52 Å². The van der Waals surface area contributed by atoms with Crippen molar-refractivity contribution in [2.45, 2.75) is 13.3 Å². The zero-order valence-corrected chi connectivity index (χ0v) is 13.7. The number of carbonyl (C=O) groups excluding carboxylic acids is 1. The average Bonchev–Trinajstić information content (AvgIpc) is 2.50. The van der Waals surface area contributed by atoms with Crippen LogP contribution < -0.4 is 10.0 Å². The molecule has 2 N–H and O–H groups in total. The Bertz CT molecular complexity index is 854. The van der Waals surface area contributed by atoms with Crippen molar-refractivity contribution in [1.82, 2.24) is 0 Å². The molecule has 2 aromatic carbocycles. The SMILES string of the molecule is CCCS(=O)(=O)Nc1cccc(C(=O)Nc2ccc(F)c(F)c2)c1. The van der Waals surface area contributed by atoms with Crippen LogP contribution in [0.5, 0.6) is 0 Å². The van der Waals surface area contributed by atoms with E-state index in [0.29, 0.717) is 6.42 Å². The van der Waals surface area contributed by atoms with Crippen LogP contribution in [-0.4, -0.2) is 20.1 Å². The highest BCUT2D eigenvalue weighted by molar-refractivity contribution is 7.92. The Labute approximate surface area is 138 Å². The molecule has 0 unspecified atom stereocenters. The van der Waals surface area contributed by atoms with E-state index in [0.717, 1.165) is 12.1 Å². The molecule has 0 fully saturated rings.